The highest BCUT2D eigenvalue weighted by molar-refractivity contribution is 7.89. The van der Waals surface area contributed by atoms with E-state index in [0.717, 1.165) is 39.8 Å². The van der Waals surface area contributed by atoms with E-state index < -0.39 is 15.3 Å². The fourth-order valence-electron chi connectivity index (χ4n) is 4.12. The van der Waals surface area contributed by atoms with Crippen LogP contribution in [0.2, 0.25) is 0 Å². The Hall–Kier alpha value is -2.30. The lowest BCUT2D eigenvalue weighted by Crippen LogP contribution is -2.50. The summed E-state index contributed by atoms with van der Waals surface area (Å²) < 4.78 is 34.3. The molecule has 1 saturated heterocycles. The van der Waals surface area contributed by atoms with Crippen LogP contribution in [0.5, 0.6) is 5.75 Å². The smallest absolute Gasteiger partial charge is 0.216 e. The molecule has 0 N–H and O–H groups in total. The van der Waals surface area contributed by atoms with E-state index in [2.05, 4.69) is 42.1 Å². The number of thiazole rings is 1. The minimum atomic E-state index is -3.19. The molecular formula is C22H27N5O3S2. The van der Waals surface area contributed by atoms with Crippen LogP contribution in [0.25, 0.3) is 22.1 Å². The van der Waals surface area contributed by atoms with Crippen molar-refractivity contribution in [3.8, 4) is 27.8 Å². The third kappa shape index (κ3) is 3.54. The van der Waals surface area contributed by atoms with Crippen molar-refractivity contribution in [1.29, 1.82) is 0 Å². The van der Waals surface area contributed by atoms with Crippen LogP contribution in [0, 0.1) is 0 Å². The minimum Gasteiger partial charge on any atom is -0.492 e. The van der Waals surface area contributed by atoms with Crippen LogP contribution in [0.15, 0.2) is 24.5 Å². The van der Waals surface area contributed by atoms with E-state index in [1.807, 2.05) is 4.68 Å². The van der Waals surface area contributed by atoms with Crippen LogP contribution >= 0.6 is 11.3 Å². The zero-order valence-electron chi connectivity index (χ0n) is 18.6. The Kier molecular flexibility index (Phi) is 5.34. The number of rotatable bonds is 5. The molecule has 2 aromatic heterocycles. The van der Waals surface area contributed by atoms with Gasteiger partial charge >= 0.3 is 0 Å². The molecule has 0 amide bonds. The number of sulfonamides is 1. The zero-order chi connectivity index (χ0) is 22.6. The predicted molar refractivity (Wildman–Crippen MR) is 125 cm³/mol. The fraction of sp³-hybridized carbons (Fsp3) is 0.500. The van der Waals surface area contributed by atoms with E-state index in [0.29, 0.717) is 19.7 Å². The summed E-state index contributed by atoms with van der Waals surface area (Å²) in [6.07, 6.45) is 2.36. The normalized spacial score (nSPS) is 17.1. The van der Waals surface area contributed by atoms with Crippen molar-refractivity contribution in [3.63, 3.8) is 0 Å². The van der Waals surface area contributed by atoms with Gasteiger partial charge in [0, 0.05) is 41.9 Å². The second-order valence-electron chi connectivity index (χ2n) is 8.87. The SMILES string of the molecule is CC(C)n1ncnc1-c1nc2c(s1)CCOc1cc(C3CN(S(=O)(=O)C(C)C)C3)ccc1-2. The molecule has 1 fully saturated rings. The van der Waals surface area contributed by atoms with Crippen LogP contribution < -0.4 is 4.74 Å². The van der Waals surface area contributed by atoms with Gasteiger partial charge in [-0.25, -0.2) is 27.4 Å². The van der Waals surface area contributed by atoms with Crippen molar-refractivity contribution in [1.82, 2.24) is 24.1 Å². The number of nitrogens with zero attached hydrogens (tertiary/aromatic N) is 5. The van der Waals surface area contributed by atoms with E-state index in [4.69, 9.17) is 9.72 Å². The van der Waals surface area contributed by atoms with Gasteiger partial charge in [-0.15, -0.1) is 11.3 Å². The Balaban J connectivity index is 1.43. The van der Waals surface area contributed by atoms with Crippen molar-refractivity contribution in [3.05, 3.63) is 35.0 Å². The molecule has 0 radical (unpaired) electrons. The first-order valence-electron chi connectivity index (χ1n) is 10.9. The van der Waals surface area contributed by atoms with Crippen molar-refractivity contribution in [2.45, 2.75) is 51.3 Å². The van der Waals surface area contributed by atoms with Gasteiger partial charge in [-0.1, -0.05) is 6.07 Å². The summed E-state index contributed by atoms with van der Waals surface area (Å²) in [7, 11) is -3.19. The third-order valence-corrected chi connectivity index (χ3v) is 9.39. The number of aromatic nitrogens is 4. The summed E-state index contributed by atoms with van der Waals surface area (Å²) in [6, 6.07) is 6.41. The summed E-state index contributed by atoms with van der Waals surface area (Å²) in [5.41, 5.74) is 3.03. The van der Waals surface area contributed by atoms with E-state index in [1.54, 1.807) is 35.8 Å². The highest BCUT2D eigenvalue weighted by atomic mass is 32.2. The van der Waals surface area contributed by atoms with Gasteiger partial charge in [-0.2, -0.15) is 5.10 Å². The monoisotopic (exact) mass is 473 g/mol. The highest BCUT2D eigenvalue weighted by Gasteiger charge is 2.38. The lowest BCUT2D eigenvalue weighted by atomic mass is 9.92. The molecule has 0 spiro atoms. The Morgan fingerprint density at radius 3 is 2.69 bits per heavy atom. The van der Waals surface area contributed by atoms with Crippen LogP contribution in [-0.4, -0.2) is 57.4 Å². The van der Waals surface area contributed by atoms with Crippen molar-refractivity contribution >= 4 is 21.4 Å². The number of benzene rings is 1. The van der Waals surface area contributed by atoms with Gasteiger partial charge in [0.1, 0.15) is 12.1 Å². The molecular weight excluding hydrogens is 446 g/mol. The molecule has 32 heavy (non-hydrogen) atoms. The van der Waals surface area contributed by atoms with Gasteiger partial charge < -0.3 is 4.74 Å². The Morgan fingerprint density at radius 1 is 1.19 bits per heavy atom. The molecule has 2 aliphatic heterocycles. The van der Waals surface area contributed by atoms with Crippen LogP contribution in [0.1, 0.15) is 50.1 Å². The predicted octanol–water partition coefficient (Wildman–Crippen LogP) is 3.72. The van der Waals surface area contributed by atoms with Crippen LogP contribution in [0.4, 0.5) is 0 Å². The number of hydrogen-bond acceptors (Lipinski definition) is 7. The van der Waals surface area contributed by atoms with Crippen molar-refractivity contribution in [2.75, 3.05) is 19.7 Å². The summed E-state index contributed by atoms with van der Waals surface area (Å²) in [4.78, 5) is 10.6. The fourth-order valence-corrected chi connectivity index (χ4v) is 6.54. The maximum absolute atomic E-state index is 12.4. The molecule has 0 saturated carbocycles. The lowest BCUT2D eigenvalue weighted by molar-refractivity contribution is 0.261. The summed E-state index contributed by atoms with van der Waals surface area (Å²) >= 11 is 1.65. The maximum atomic E-state index is 12.4. The van der Waals surface area contributed by atoms with Gasteiger partial charge in [0.05, 0.1) is 17.6 Å². The minimum absolute atomic E-state index is 0.190. The largest absolute Gasteiger partial charge is 0.492 e. The Morgan fingerprint density at radius 2 is 1.97 bits per heavy atom. The van der Waals surface area contributed by atoms with E-state index in [1.165, 1.54) is 4.88 Å². The van der Waals surface area contributed by atoms with E-state index in [-0.39, 0.29) is 12.0 Å². The second-order valence-corrected chi connectivity index (χ2v) is 12.4. The molecule has 1 aromatic carbocycles. The first kappa shape index (κ1) is 21.5. The first-order valence-corrected chi connectivity index (χ1v) is 13.2. The van der Waals surface area contributed by atoms with Gasteiger partial charge in [0.2, 0.25) is 10.0 Å². The molecule has 8 nitrogen and oxygen atoms in total. The average Bonchev–Trinajstić information content (AvgIpc) is 3.31. The summed E-state index contributed by atoms with van der Waals surface area (Å²) in [5.74, 6) is 1.79. The number of hydrogen-bond donors (Lipinski definition) is 0. The topological polar surface area (TPSA) is 90.2 Å². The molecule has 5 rings (SSSR count). The van der Waals surface area contributed by atoms with Gasteiger partial charge in [0.25, 0.3) is 0 Å². The molecule has 10 heteroatoms. The lowest BCUT2D eigenvalue weighted by Gasteiger charge is -2.39. The molecule has 2 aliphatic rings. The summed E-state index contributed by atoms with van der Waals surface area (Å²) in [6.45, 7) is 9.24. The van der Waals surface area contributed by atoms with Crippen LogP contribution in [-0.2, 0) is 16.4 Å². The van der Waals surface area contributed by atoms with Gasteiger partial charge in [-0.3, -0.25) is 0 Å². The molecule has 3 aromatic rings. The molecule has 0 aliphatic carbocycles. The highest BCUT2D eigenvalue weighted by Crippen LogP contribution is 2.42. The second kappa shape index (κ2) is 7.93. The first-order chi connectivity index (χ1) is 15.3. The molecule has 4 heterocycles. The molecule has 0 atom stereocenters. The Labute approximate surface area is 192 Å². The van der Waals surface area contributed by atoms with Crippen LogP contribution in [0.3, 0.4) is 0 Å². The molecule has 0 bridgehead atoms. The molecule has 170 valence electrons. The Bertz CT molecular complexity index is 1260. The third-order valence-electron chi connectivity index (χ3n) is 6.07. The van der Waals surface area contributed by atoms with Gasteiger partial charge in [0.15, 0.2) is 10.8 Å². The number of fused-ring (bicyclic) bond motifs is 3. The van der Waals surface area contributed by atoms with Gasteiger partial charge in [-0.05, 0) is 45.4 Å². The quantitative estimate of drug-likeness (QED) is 0.561. The maximum Gasteiger partial charge on any atom is 0.216 e. The molecule has 0 unspecified atom stereocenters. The number of ether oxygens (including phenoxy) is 1. The standard InChI is InChI=1S/C22H27N5O3S2/c1-13(2)27-21(23-12-24-27)22-25-20-17-6-5-15(9-18(17)30-8-7-19(20)31-22)16-10-26(11-16)32(28,29)14(3)4/h5-6,9,12-14,16H,7-8,10-11H2,1-4H3. The summed E-state index contributed by atoms with van der Waals surface area (Å²) in [5, 5.41) is 4.82. The zero-order valence-corrected chi connectivity index (χ0v) is 20.3. The average molecular weight is 474 g/mol. The van der Waals surface area contributed by atoms with Crippen molar-refractivity contribution in [2.24, 2.45) is 0 Å². The van der Waals surface area contributed by atoms with E-state index >= 15 is 0 Å². The van der Waals surface area contributed by atoms with E-state index in [9.17, 15) is 8.42 Å². The van der Waals surface area contributed by atoms with Crippen molar-refractivity contribution < 1.29 is 13.2 Å².